The van der Waals surface area contributed by atoms with Crippen LogP contribution in [-0.4, -0.2) is 74.0 Å². The number of carboxylic acid groups (broad SMARTS) is 1. The van der Waals surface area contributed by atoms with E-state index in [1.807, 2.05) is 35.9 Å². The van der Waals surface area contributed by atoms with Crippen molar-refractivity contribution < 1.29 is 19.0 Å². The van der Waals surface area contributed by atoms with Gasteiger partial charge >= 0.3 is 5.97 Å². The number of piperazine rings is 1. The van der Waals surface area contributed by atoms with Crippen LogP contribution in [-0.2, 0) is 24.4 Å². The number of aryl methyl sites for hydroxylation is 1. The molecule has 0 spiro atoms. The zero-order valence-electron chi connectivity index (χ0n) is 23.5. The molecular weight excluding hydrogens is 535 g/mol. The molecule has 5 aromatic rings. The van der Waals surface area contributed by atoms with Gasteiger partial charge in [-0.15, -0.1) is 0 Å². The number of fused-ring (bicyclic) bond motifs is 2. The van der Waals surface area contributed by atoms with Gasteiger partial charge in [0.2, 0.25) is 0 Å². The lowest BCUT2D eigenvalue weighted by Crippen LogP contribution is -2.46. The van der Waals surface area contributed by atoms with Crippen LogP contribution in [0, 0.1) is 12.7 Å². The molecule has 2 saturated heterocycles. The lowest BCUT2D eigenvalue weighted by Gasteiger charge is -2.35. The number of nitrogens with zero attached hydrogens (tertiary/aromatic N) is 6. The second-order valence-corrected chi connectivity index (χ2v) is 11.3. The third-order valence-corrected chi connectivity index (χ3v) is 8.46. The average molecular weight is 569 g/mol. The number of imidazole rings is 1. The summed E-state index contributed by atoms with van der Waals surface area (Å²) in [6.07, 6.45) is 3.10. The third-order valence-electron chi connectivity index (χ3n) is 8.46. The van der Waals surface area contributed by atoms with E-state index in [-0.39, 0.29) is 17.5 Å². The van der Waals surface area contributed by atoms with Crippen molar-refractivity contribution in [2.45, 2.75) is 39.1 Å². The second kappa shape index (κ2) is 10.8. The van der Waals surface area contributed by atoms with E-state index in [1.54, 1.807) is 24.3 Å². The highest BCUT2D eigenvalue weighted by Crippen LogP contribution is 2.25. The Bertz CT molecular complexity index is 1780. The molecule has 9 nitrogen and oxygen atoms in total. The minimum Gasteiger partial charge on any atom is -0.478 e. The number of benzene rings is 2. The molecule has 0 aliphatic carbocycles. The first-order chi connectivity index (χ1) is 20.4. The maximum Gasteiger partial charge on any atom is 0.335 e. The van der Waals surface area contributed by atoms with Gasteiger partial charge in [-0.1, -0.05) is 12.1 Å². The zero-order valence-corrected chi connectivity index (χ0v) is 23.5. The summed E-state index contributed by atoms with van der Waals surface area (Å²) in [7, 11) is 0. The summed E-state index contributed by atoms with van der Waals surface area (Å²) >= 11 is 0. The molecule has 2 aliphatic heterocycles. The average Bonchev–Trinajstić information content (AvgIpc) is 3.52. The fourth-order valence-corrected chi connectivity index (χ4v) is 5.92. The SMILES string of the molecule is Cc1ccc(Cn2ccc3ccc(N4CCN(Cc5nc6ccc(C(=O)O)cc6n5C[C@@H]5CCO5)CC4)nc32)c(F)c1. The Morgan fingerprint density at radius 2 is 1.86 bits per heavy atom. The van der Waals surface area contributed by atoms with Gasteiger partial charge < -0.3 is 23.9 Å². The number of ether oxygens (including phenoxy) is 1. The van der Waals surface area contributed by atoms with Crippen LogP contribution in [0.2, 0.25) is 0 Å². The normalized spacial score (nSPS) is 17.7. The third kappa shape index (κ3) is 5.12. The number of hydrogen-bond acceptors (Lipinski definition) is 6. The number of carbonyl (C=O) groups is 1. The molecule has 2 fully saturated rings. The Hall–Kier alpha value is -4.28. The van der Waals surface area contributed by atoms with Crippen LogP contribution in [0.3, 0.4) is 0 Å². The van der Waals surface area contributed by atoms with Gasteiger partial charge in [-0.25, -0.2) is 19.2 Å². The molecule has 3 aromatic heterocycles. The molecular formula is C32H33FN6O3. The summed E-state index contributed by atoms with van der Waals surface area (Å²) < 4.78 is 24.4. The lowest BCUT2D eigenvalue weighted by molar-refractivity contribution is -0.0592. The van der Waals surface area contributed by atoms with Gasteiger partial charge in [0.1, 0.15) is 23.1 Å². The number of rotatable bonds is 8. The number of hydrogen-bond donors (Lipinski definition) is 1. The van der Waals surface area contributed by atoms with Gasteiger partial charge in [0.25, 0.3) is 0 Å². The van der Waals surface area contributed by atoms with E-state index in [0.29, 0.717) is 25.2 Å². The molecule has 0 bridgehead atoms. The van der Waals surface area contributed by atoms with Crippen LogP contribution in [0.4, 0.5) is 10.2 Å². The largest absolute Gasteiger partial charge is 0.478 e. The summed E-state index contributed by atoms with van der Waals surface area (Å²) in [6.45, 7) is 7.77. The molecule has 1 N–H and O–H groups in total. The molecule has 0 radical (unpaired) electrons. The Morgan fingerprint density at radius 1 is 1.02 bits per heavy atom. The highest BCUT2D eigenvalue weighted by Gasteiger charge is 2.25. The van der Waals surface area contributed by atoms with Crippen LogP contribution in [0.25, 0.3) is 22.1 Å². The zero-order chi connectivity index (χ0) is 28.8. The van der Waals surface area contributed by atoms with Gasteiger partial charge in [0.05, 0.1) is 42.3 Å². The number of pyridine rings is 1. The van der Waals surface area contributed by atoms with Crippen LogP contribution in [0.5, 0.6) is 0 Å². The van der Waals surface area contributed by atoms with Crippen molar-refractivity contribution >= 4 is 33.9 Å². The highest BCUT2D eigenvalue weighted by molar-refractivity contribution is 5.92. The molecule has 5 heterocycles. The van der Waals surface area contributed by atoms with E-state index >= 15 is 0 Å². The summed E-state index contributed by atoms with van der Waals surface area (Å²) in [5.41, 5.74) is 4.31. The van der Waals surface area contributed by atoms with E-state index in [0.717, 1.165) is 78.5 Å². The summed E-state index contributed by atoms with van der Waals surface area (Å²) in [5.74, 6) is 0.711. The van der Waals surface area contributed by atoms with Crippen molar-refractivity contribution in [3.8, 4) is 0 Å². The summed E-state index contributed by atoms with van der Waals surface area (Å²) in [5, 5.41) is 10.6. The molecule has 42 heavy (non-hydrogen) atoms. The van der Waals surface area contributed by atoms with E-state index in [2.05, 4.69) is 26.5 Å². The van der Waals surface area contributed by atoms with Crippen molar-refractivity contribution in [1.82, 2.24) is 24.0 Å². The number of carboxylic acids is 1. The molecule has 7 rings (SSSR count). The Balaban J connectivity index is 1.07. The van der Waals surface area contributed by atoms with E-state index < -0.39 is 5.97 Å². The first-order valence-electron chi connectivity index (χ1n) is 14.4. The topological polar surface area (TPSA) is 88.7 Å². The Labute approximate surface area is 242 Å². The fourth-order valence-electron chi connectivity index (χ4n) is 5.92. The minimum atomic E-state index is -0.941. The van der Waals surface area contributed by atoms with E-state index in [4.69, 9.17) is 14.7 Å². The van der Waals surface area contributed by atoms with Gasteiger partial charge in [-0.05, 0) is 61.4 Å². The standard InChI is InChI=1S/C32H33FN6O3/c1-21-2-3-24(26(33)16-21)18-38-10-8-22-5-7-29(35-31(22)38)37-13-11-36(12-14-37)20-30-34-27-6-4-23(32(40)41)17-28(27)39(30)19-25-9-15-42-25/h2-8,10,16-17,25H,9,11-15,18-20H2,1H3,(H,40,41)/t25-/m0/s1. The minimum absolute atomic E-state index is 0.133. The number of aromatic carboxylic acids is 1. The van der Waals surface area contributed by atoms with Gasteiger partial charge in [0, 0.05) is 49.9 Å². The van der Waals surface area contributed by atoms with Crippen molar-refractivity contribution in [2.75, 3.05) is 37.7 Å². The van der Waals surface area contributed by atoms with E-state index in [9.17, 15) is 14.3 Å². The number of anilines is 1. The Morgan fingerprint density at radius 3 is 2.60 bits per heavy atom. The summed E-state index contributed by atoms with van der Waals surface area (Å²) in [4.78, 5) is 26.2. The molecule has 2 aliphatic rings. The number of aromatic nitrogens is 4. The van der Waals surface area contributed by atoms with Crippen LogP contribution in [0.1, 0.15) is 33.7 Å². The molecule has 0 saturated carbocycles. The quantitative estimate of drug-likeness (QED) is 0.291. The second-order valence-electron chi connectivity index (χ2n) is 11.3. The van der Waals surface area contributed by atoms with Crippen LogP contribution >= 0.6 is 0 Å². The fraction of sp³-hybridized carbons (Fsp3) is 0.344. The van der Waals surface area contributed by atoms with Crippen molar-refractivity contribution in [2.24, 2.45) is 0 Å². The molecule has 2 aromatic carbocycles. The summed E-state index contributed by atoms with van der Waals surface area (Å²) in [6, 6.07) is 16.7. The molecule has 0 amide bonds. The maximum absolute atomic E-state index is 14.5. The first-order valence-corrected chi connectivity index (χ1v) is 14.4. The Kier molecular flexibility index (Phi) is 6.87. The predicted molar refractivity (Wildman–Crippen MR) is 159 cm³/mol. The van der Waals surface area contributed by atoms with E-state index in [1.165, 1.54) is 0 Å². The molecule has 10 heteroatoms. The molecule has 0 unspecified atom stereocenters. The van der Waals surface area contributed by atoms with Crippen molar-refractivity contribution in [3.63, 3.8) is 0 Å². The van der Waals surface area contributed by atoms with Gasteiger partial charge in [-0.3, -0.25) is 4.90 Å². The molecule has 216 valence electrons. The first kappa shape index (κ1) is 26.6. The lowest BCUT2D eigenvalue weighted by atomic mass is 10.1. The van der Waals surface area contributed by atoms with Crippen LogP contribution in [0.15, 0.2) is 60.8 Å². The van der Waals surface area contributed by atoms with Gasteiger partial charge in [-0.2, -0.15) is 0 Å². The molecule has 1 atom stereocenters. The maximum atomic E-state index is 14.5. The predicted octanol–water partition coefficient (Wildman–Crippen LogP) is 4.69. The highest BCUT2D eigenvalue weighted by atomic mass is 19.1. The smallest absolute Gasteiger partial charge is 0.335 e. The number of halogens is 1. The van der Waals surface area contributed by atoms with Crippen molar-refractivity contribution in [3.05, 3.63) is 89.1 Å². The van der Waals surface area contributed by atoms with Gasteiger partial charge in [0.15, 0.2) is 0 Å². The monoisotopic (exact) mass is 568 g/mol. The van der Waals surface area contributed by atoms with Crippen molar-refractivity contribution in [1.29, 1.82) is 0 Å². The van der Waals surface area contributed by atoms with Crippen LogP contribution < -0.4 is 4.90 Å².